The highest BCUT2D eigenvalue weighted by molar-refractivity contribution is 5.99. The number of para-hydroxylation sites is 1. The van der Waals surface area contributed by atoms with Crippen molar-refractivity contribution in [1.82, 2.24) is 5.32 Å². The summed E-state index contributed by atoms with van der Waals surface area (Å²) >= 11 is 0. The molecule has 21 heavy (non-hydrogen) atoms. The monoisotopic (exact) mass is 307 g/mol. The lowest BCUT2D eigenvalue weighted by molar-refractivity contribution is -0.139. The number of methoxy groups -OCH3 is 1. The number of carboxylic acid groups (broad SMARTS) is 1. The van der Waals surface area contributed by atoms with Crippen molar-refractivity contribution in [2.75, 3.05) is 13.8 Å². The minimum absolute atomic E-state index is 0.143. The van der Waals surface area contributed by atoms with Crippen LogP contribution in [0.2, 0.25) is 0 Å². The SMILES string of the molecule is COc1cccc(C(=O)NC(CF)C(=O)O)c1OC(F)F. The topological polar surface area (TPSA) is 84.9 Å². The number of rotatable bonds is 7. The molecule has 0 spiro atoms. The number of carbonyl (C=O) groups is 2. The highest BCUT2D eigenvalue weighted by Crippen LogP contribution is 2.32. The lowest BCUT2D eigenvalue weighted by atomic mass is 10.1. The third-order valence-corrected chi connectivity index (χ3v) is 2.41. The second kappa shape index (κ2) is 7.36. The van der Waals surface area contributed by atoms with Crippen LogP contribution in [-0.4, -0.2) is 43.4 Å². The zero-order valence-electron chi connectivity index (χ0n) is 10.8. The van der Waals surface area contributed by atoms with Gasteiger partial charge in [0.15, 0.2) is 17.5 Å². The maximum atomic E-state index is 12.5. The van der Waals surface area contributed by atoms with Gasteiger partial charge in [-0.2, -0.15) is 8.78 Å². The third kappa shape index (κ3) is 4.26. The Labute approximate surface area is 117 Å². The van der Waals surface area contributed by atoms with E-state index in [2.05, 4.69) is 4.74 Å². The van der Waals surface area contributed by atoms with Gasteiger partial charge in [-0.3, -0.25) is 4.79 Å². The molecule has 0 heterocycles. The first-order chi connectivity index (χ1) is 9.90. The van der Waals surface area contributed by atoms with Crippen molar-refractivity contribution < 1.29 is 37.3 Å². The Morgan fingerprint density at radius 3 is 2.52 bits per heavy atom. The van der Waals surface area contributed by atoms with Crippen LogP contribution < -0.4 is 14.8 Å². The quantitative estimate of drug-likeness (QED) is 0.796. The molecule has 1 rings (SSSR count). The zero-order valence-corrected chi connectivity index (χ0v) is 10.8. The Morgan fingerprint density at radius 2 is 2.05 bits per heavy atom. The van der Waals surface area contributed by atoms with Gasteiger partial charge >= 0.3 is 12.6 Å². The van der Waals surface area contributed by atoms with Gasteiger partial charge in [-0.15, -0.1) is 0 Å². The summed E-state index contributed by atoms with van der Waals surface area (Å²) in [7, 11) is 1.18. The molecule has 6 nitrogen and oxygen atoms in total. The maximum Gasteiger partial charge on any atom is 0.387 e. The summed E-state index contributed by atoms with van der Waals surface area (Å²) in [5.74, 6) is -3.37. The molecule has 1 amide bonds. The van der Waals surface area contributed by atoms with Crippen LogP contribution in [0, 0.1) is 0 Å². The van der Waals surface area contributed by atoms with Crippen molar-refractivity contribution in [3.63, 3.8) is 0 Å². The molecule has 1 aromatic carbocycles. The number of carboxylic acids is 1. The molecule has 2 N–H and O–H groups in total. The van der Waals surface area contributed by atoms with Crippen molar-refractivity contribution in [3.8, 4) is 11.5 Å². The van der Waals surface area contributed by atoms with E-state index >= 15 is 0 Å². The molecule has 0 aliphatic rings. The summed E-state index contributed by atoms with van der Waals surface area (Å²) in [6.45, 7) is -4.57. The van der Waals surface area contributed by atoms with Crippen molar-refractivity contribution in [2.45, 2.75) is 12.7 Å². The number of benzene rings is 1. The molecule has 0 radical (unpaired) electrons. The predicted octanol–water partition coefficient (Wildman–Crippen LogP) is 1.45. The van der Waals surface area contributed by atoms with Crippen LogP contribution in [0.5, 0.6) is 11.5 Å². The van der Waals surface area contributed by atoms with Crippen LogP contribution in [0.25, 0.3) is 0 Å². The van der Waals surface area contributed by atoms with E-state index in [0.717, 1.165) is 6.07 Å². The minimum atomic E-state index is -3.22. The zero-order chi connectivity index (χ0) is 16.0. The molecule has 0 aliphatic heterocycles. The summed E-state index contributed by atoms with van der Waals surface area (Å²) in [6.07, 6.45) is 0. The number of nitrogens with one attached hydrogen (secondary N) is 1. The van der Waals surface area contributed by atoms with E-state index in [9.17, 15) is 22.8 Å². The largest absolute Gasteiger partial charge is 0.493 e. The Kier molecular flexibility index (Phi) is 5.82. The van der Waals surface area contributed by atoms with E-state index in [0.29, 0.717) is 0 Å². The van der Waals surface area contributed by atoms with E-state index in [1.165, 1.54) is 19.2 Å². The third-order valence-electron chi connectivity index (χ3n) is 2.41. The summed E-state index contributed by atoms with van der Waals surface area (Å²) < 4.78 is 46.2. The van der Waals surface area contributed by atoms with Crippen molar-refractivity contribution in [2.24, 2.45) is 0 Å². The Balaban J connectivity index is 3.10. The molecule has 9 heteroatoms. The summed E-state index contributed by atoms with van der Waals surface area (Å²) in [4.78, 5) is 22.5. The first kappa shape index (κ1) is 16.6. The Bertz CT molecular complexity index is 524. The molecular formula is C12H12F3NO5. The van der Waals surface area contributed by atoms with Gasteiger partial charge in [-0.1, -0.05) is 6.07 Å². The van der Waals surface area contributed by atoms with E-state index < -0.39 is 42.5 Å². The standard InChI is InChI=1S/C12H12F3NO5/c1-20-8-4-2-3-6(9(8)21-12(14)15)10(17)16-7(5-13)11(18)19/h2-4,7,12H,5H2,1H3,(H,16,17)(H,18,19). The fourth-order valence-corrected chi connectivity index (χ4v) is 1.47. The van der Waals surface area contributed by atoms with Gasteiger partial charge in [0.25, 0.3) is 5.91 Å². The number of alkyl halides is 3. The number of ether oxygens (including phenoxy) is 2. The molecule has 0 aromatic heterocycles. The van der Waals surface area contributed by atoms with E-state index in [1.54, 1.807) is 0 Å². The summed E-state index contributed by atoms with van der Waals surface area (Å²) in [6, 6.07) is 1.92. The maximum absolute atomic E-state index is 12.5. The van der Waals surface area contributed by atoms with Gasteiger partial charge in [0, 0.05) is 0 Å². The molecule has 0 saturated heterocycles. The number of carbonyl (C=O) groups excluding carboxylic acids is 1. The van der Waals surface area contributed by atoms with Crippen LogP contribution in [0.4, 0.5) is 13.2 Å². The van der Waals surface area contributed by atoms with Gasteiger partial charge in [0.05, 0.1) is 12.7 Å². The first-order valence-electron chi connectivity index (χ1n) is 5.62. The van der Waals surface area contributed by atoms with Crippen LogP contribution in [0.15, 0.2) is 18.2 Å². The molecule has 1 unspecified atom stereocenters. The van der Waals surface area contributed by atoms with Crippen molar-refractivity contribution >= 4 is 11.9 Å². The second-order valence-electron chi connectivity index (χ2n) is 3.73. The van der Waals surface area contributed by atoms with Gasteiger partial charge in [0.2, 0.25) is 0 Å². The van der Waals surface area contributed by atoms with E-state index in [-0.39, 0.29) is 5.75 Å². The predicted molar refractivity (Wildman–Crippen MR) is 64.5 cm³/mol. The molecular weight excluding hydrogens is 295 g/mol. The second-order valence-corrected chi connectivity index (χ2v) is 3.73. The molecule has 1 aromatic rings. The van der Waals surface area contributed by atoms with E-state index in [1.807, 2.05) is 5.32 Å². The van der Waals surface area contributed by atoms with Gasteiger partial charge in [0.1, 0.15) is 6.67 Å². The average molecular weight is 307 g/mol. The molecule has 0 bridgehead atoms. The number of amides is 1. The van der Waals surface area contributed by atoms with Gasteiger partial charge in [-0.05, 0) is 12.1 Å². The highest BCUT2D eigenvalue weighted by Gasteiger charge is 2.25. The molecule has 0 aliphatic carbocycles. The first-order valence-corrected chi connectivity index (χ1v) is 5.62. The fourth-order valence-electron chi connectivity index (χ4n) is 1.47. The van der Waals surface area contributed by atoms with Crippen LogP contribution >= 0.6 is 0 Å². The summed E-state index contributed by atoms with van der Waals surface area (Å²) in [5, 5.41) is 10.5. The number of hydrogen-bond acceptors (Lipinski definition) is 4. The minimum Gasteiger partial charge on any atom is -0.493 e. The smallest absolute Gasteiger partial charge is 0.387 e. The van der Waals surface area contributed by atoms with Gasteiger partial charge < -0.3 is 19.9 Å². The average Bonchev–Trinajstić information content (AvgIpc) is 2.43. The lowest BCUT2D eigenvalue weighted by Gasteiger charge is -2.16. The van der Waals surface area contributed by atoms with Gasteiger partial charge in [-0.25, -0.2) is 9.18 Å². The Hall–Kier alpha value is -2.45. The van der Waals surface area contributed by atoms with Crippen LogP contribution in [-0.2, 0) is 4.79 Å². The number of aliphatic carboxylic acids is 1. The molecule has 0 fully saturated rings. The van der Waals surface area contributed by atoms with E-state index in [4.69, 9.17) is 9.84 Å². The van der Waals surface area contributed by atoms with Crippen LogP contribution in [0.3, 0.4) is 0 Å². The molecule has 116 valence electrons. The highest BCUT2D eigenvalue weighted by atomic mass is 19.3. The fraction of sp³-hybridized carbons (Fsp3) is 0.333. The molecule has 1 atom stereocenters. The lowest BCUT2D eigenvalue weighted by Crippen LogP contribution is -2.42. The molecule has 0 saturated carbocycles. The Morgan fingerprint density at radius 1 is 1.38 bits per heavy atom. The van der Waals surface area contributed by atoms with Crippen LogP contribution in [0.1, 0.15) is 10.4 Å². The normalized spacial score (nSPS) is 11.9. The number of hydrogen-bond donors (Lipinski definition) is 2. The summed E-state index contributed by atoms with van der Waals surface area (Å²) in [5.41, 5.74) is -0.394. The number of halogens is 3. The van der Waals surface area contributed by atoms with Crippen molar-refractivity contribution in [1.29, 1.82) is 0 Å². The van der Waals surface area contributed by atoms with Crippen molar-refractivity contribution in [3.05, 3.63) is 23.8 Å².